The molecule has 6 heteroatoms. The Labute approximate surface area is 117 Å². The third-order valence-electron chi connectivity index (χ3n) is 2.59. The van der Waals surface area contributed by atoms with Crippen LogP contribution in [0.3, 0.4) is 0 Å². The van der Waals surface area contributed by atoms with E-state index in [-0.39, 0.29) is 5.76 Å². The predicted octanol–water partition coefficient (Wildman–Crippen LogP) is 2.23. The maximum atomic E-state index is 11.5. The molecule has 0 spiro atoms. The molecule has 0 bridgehead atoms. The molecule has 0 aromatic heterocycles. The summed E-state index contributed by atoms with van der Waals surface area (Å²) in [4.78, 5) is 11.5. The highest BCUT2D eigenvalue weighted by Gasteiger charge is 2.15. The molecule has 0 radical (unpaired) electrons. The quantitative estimate of drug-likeness (QED) is 0.223. The normalized spacial score (nSPS) is 12.0. The van der Waals surface area contributed by atoms with Crippen LogP contribution in [0.15, 0.2) is 35.4 Å². The molecule has 0 heterocycles. The van der Waals surface area contributed by atoms with E-state index in [0.717, 1.165) is 11.8 Å². The van der Waals surface area contributed by atoms with Crippen LogP contribution in [0, 0.1) is 6.92 Å². The fourth-order valence-electron chi connectivity index (χ4n) is 1.43. The molecule has 0 saturated heterocycles. The zero-order valence-corrected chi connectivity index (χ0v) is 11.8. The Balaban J connectivity index is 3.12. The Morgan fingerprint density at radius 3 is 2.60 bits per heavy atom. The topological polar surface area (TPSA) is 77.4 Å². The number of ether oxygens (including phenoxy) is 3. The lowest BCUT2D eigenvalue weighted by Gasteiger charge is -2.11. The van der Waals surface area contributed by atoms with Crippen LogP contribution in [-0.4, -0.2) is 31.1 Å². The van der Waals surface area contributed by atoms with Gasteiger partial charge >= 0.3 is 5.97 Å². The molecule has 0 fully saturated rings. The molecule has 1 aromatic carbocycles. The lowest BCUT2D eigenvalue weighted by atomic mass is 10.1. The van der Waals surface area contributed by atoms with Gasteiger partial charge in [0.05, 0.1) is 19.9 Å². The fourth-order valence-corrected chi connectivity index (χ4v) is 1.43. The van der Waals surface area contributed by atoms with Crippen molar-refractivity contribution in [2.24, 2.45) is 5.16 Å². The van der Waals surface area contributed by atoms with Gasteiger partial charge in [-0.25, -0.2) is 4.79 Å². The van der Waals surface area contributed by atoms with Gasteiger partial charge in [0, 0.05) is 5.56 Å². The number of oxime groups is 1. The summed E-state index contributed by atoms with van der Waals surface area (Å²) >= 11 is 0. The highest BCUT2D eigenvalue weighted by Crippen LogP contribution is 2.22. The number of nitrogens with zero attached hydrogens (tertiary/aromatic N) is 1. The summed E-state index contributed by atoms with van der Waals surface area (Å²) in [5.41, 5.74) is 1.92. The van der Waals surface area contributed by atoms with E-state index < -0.39 is 5.97 Å². The van der Waals surface area contributed by atoms with Gasteiger partial charge in [0.1, 0.15) is 12.0 Å². The average molecular weight is 279 g/mol. The predicted molar refractivity (Wildman–Crippen MR) is 72.9 cm³/mol. The van der Waals surface area contributed by atoms with Gasteiger partial charge in [-0.15, -0.1) is 0 Å². The van der Waals surface area contributed by atoms with Crippen LogP contribution in [-0.2, 0) is 14.3 Å². The molecule has 1 aromatic rings. The largest absolute Gasteiger partial charge is 0.500 e. The number of methoxy groups -OCH3 is 2. The number of aryl methyl sites for hydroxylation is 1. The standard InChI is InChI=1S/C14H17NO5/c1-9-5-6-11(10(2)15-17)7-12(9)20-13(8-18-3)14(16)19-4/h5-8,17H,1-4H3. The van der Waals surface area contributed by atoms with E-state index in [1.165, 1.54) is 14.2 Å². The Kier molecular flexibility index (Phi) is 5.58. The van der Waals surface area contributed by atoms with Crippen LogP contribution in [0.1, 0.15) is 18.1 Å². The maximum Gasteiger partial charge on any atom is 0.377 e. The second-order valence-corrected chi connectivity index (χ2v) is 3.98. The highest BCUT2D eigenvalue weighted by atomic mass is 16.6. The minimum atomic E-state index is -0.649. The Morgan fingerprint density at radius 1 is 1.35 bits per heavy atom. The fraction of sp³-hybridized carbons (Fsp3) is 0.286. The van der Waals surface area contributed by atoms with Crippen molar-refractivity contribution in [2.45, 2.75) is 13.8 Å². The third kappa shape index (κ3) is 3.74. The minimum Gasteiger partial charge on any atom is -0.500 e. The van der Waals surface area contributed by atoms with Gasteiger partial charge in [-0.1, -0.05) is 17.3 Å². The van der Waals surface area contributed by atoms with Crippen molar-refractivity contribution in [2.75, 3.05) is 14.2 Å². The van der Waals surface area contributed by atoms with Crippen LogP contribution < -0.4 is 4.74 Å². The number of rotatable bonds is 5. The molecule has 0 saturated carbocycles. The summed E-state index contributed by atoms with van der Waals surface area (Å²) in [6, 6.07) is 5.24. The Bertz CT molecular complexity index is 548. The van der Waals surface area contributed by atoms with Gasteiger partial charge in [-0.05, 0) is 25.5 Å². The lowest BCUT2D eigenvalue weighted by Crippen LogP contribution is -2.12. The molecule has 0 aliphatic heterocycles. The summed E-state index contributed by atoms with van der Waals surface area (Å²) in [5, 5.41) is 11.9. The minimum absolute atomic E-state index is 0.0751. The molecular weight excluding hydrogens is 262 g/mol. The zero-order valence-electron chi connectivity index (χ0n) is 11.8. The molecule has 0 amide bonds. The molecule has 0 aliphatic carbocycles. The number of hydrogen-bond acceptors (Lipinski definition) is 6. The van der Waals surface area contributed by atoms with Crippen LogP contribution in [0.2, 0.25) is 0 Å². The first-order valence-corrected chi connectivity index (χ1v) is 5.82. The van der Waals surface area contributed by atoms with Gasteiger partial charge in [0.25, 0.3) is 0 Å². The second-order valence-electron chi connectivity index (χ2n) is 3.98. The summed E-state index contributed by atoms with van der Waals surface area (Å²) in [5.74, 6) is -0.280. The van der Waals surface area contributed by atoms with E-state index in [1.54, 1.807) is 25.1 Å². The molecule has 20 heavy (non-hydrogen) atoms. The van der Waals surface area contributed by atoms with Crippen LogP contribution in [0.5, 0.6) is 5.75 Å². The van der Waals surface area contributed by atoms with Crippen molar-refractivity contribution in [3.63, 3.8) is 0 Å². The van der Waals surface area contributed by atoms with Crippen molar-refractivity contribution in [1.82, 2.24) is 0 Å². The molecule has 1 rings (SSSR count). The third-order valence-corrected chi connectivity index (χ3v) is 2.59. The zero-order chi connectivity index (χ0) is 15.1. The molecule has 108 valence electrons. The highest BCUT2D eigenvalue weighted by molar-refractivity contribution is 5.98. The van der Waals surface area contributed by atoms with E-state index in [9.17, 15) is 4.79 Å². The first-order chi connectivity index (χ1) is 9.53. The van der Waals surface area contributed by atoms with Crippen molar-refractivity contribution in [1.29, 1.82) is 0 Å². The SMILES string of the molecule is COC=C(Oc1cc(C(C)=NO)ccc1C)C(=O)OC. The number of hydrogen-bond donors (Lipinski definition) is 1. The molecular formula is C14H17NO5. The molecule has 0 unspecified atom stereocenters. The Morgan fingerprint density at radius 2 is 2.05 bits per heavy atom. The van der Waals surface area contributed by atoms with Gasteiger partial charge in [0.2, 0.25) is 5.76 Å². The summed E-state index contributed by atoms with van der Waals surface area (Å²) in [7, 11) is 2.65. The molecule has 0 aliphatic rings. The monoisotopic (exact) mass is 279 g/mol. The number of benzene rings is 1. The van der Waals surface area contributed by atoms with Crippen molar-refractivity contribution < 1.29 is 24.2 Å². The van der Waals surface area contributed by atoms with Crippen LogP contribution in [0.25, 0.3) is 0 Å². The summed E-state index contributed by atoms with van der Waals surface area (Å²) < 4.78 is 14.9. The molecule has 0 atom stereocenters. The lowest BCUT2D eigenvalue weighted by molar-refractivity contribution is -0.138. The second kappa shape index (κ2) is 7.18. The average Bonchev–Trinajstić information content (AvgIpc) is 2.47. The van der Waals surface area contributed by atoms with Gasteiger partial charge in [0.15, 0.2) is 0 Å². The first kappa shape index (κ1) is 15.6. The molecule has 6 nitrogen and oxygen atoms in total. The van der Waals surface area contributed by atoms with Gasteiger partial charge in [-0.3, -0.25) is 0 Å². The van der Waals surface area contributed by atoms with Gasteiger partial charge in [-0.2, -0.15) is 0 Å². The summed E-state index contributed by atoms with van der Waals surface area (Å²) in [6.07, 6.45) is 1.16. The maximum absolute atomic E-state index is 11.5. The van der Waals surface area contributed by atoms with Crippen molar-refractivity contribution >= 4 is 11.7 Å². The molecule has 1 N–H and O–H groups in total. The van der Waals surface area contributed by atoms with Crippen molar-refractivity contribution in [3.05, 3.63) is 41.3 Å². The number of carbonyl (C=O) groups excluding carboxylic acids is 1. The van der Waals surface area contributed by atoms with E-state index in [2.05, 4.69) is 9.89 Å². The smallest absolute Gasteiger partial charge is 0.377 e. The van der Waals surface area contributed by atoms with E-state index in [1.807, 2.05) is 6.92 Å². The van der Waals surface area contributed by atoms with Crippen LogP contribution >= 0.6 is 0 Å². The number of carbonyl (C=O) groups is 1. The summed E-state index contributed by atoms with van der Waals surface area (Å²) in [6.45, 7) is 3.48. The number of esters is 1. The van der Waals surface area contributed by atoms with E-state index in [4.69, 9.17) is 14.7 Å². The van der Waals surface area contributed by atoms with Crippen molar-refractivity contribution in [3.8, 4) is 5.75 Å². The first-order valence-electron chi connectivity index (χ1n) is 5.82. The van der Waals surface area contributed by atoms with E-state index >= 15 is 0 Å². The van der Waals surface area contributed by atoms with Gasteiger partial charge < -0.3 is 19.4 Å². The van der Waals surface area contributed by atoms with E-state index in [0.29, 0.717) is 17.0 Å². The Hall–Kier alpha value is -2.50. The van der Waals surface area contributed by atoms with Crippen LogP contribution in [0.4, 0.5) is 0 Å².